The van der Waals surface area contributed by atoms with Crippen molar-refractivity contribution in [1.29, 1.82) is 0 Å². The zero-order valence-corrected chi connectivity index (χ0v) is 9.92. The summed E-state index contributed by atoms with van der Waals surface area (Å²) < 4.78 is 10.2. The summed E-state index contributed by atoms with van der Waals surface area (Å²) in [5.41, 5.74) is 0.621. The number of nitrogens with one attached hydrogen (secondary N) is 1. The molecular formula is C14H13NO3. The lowest BCUT2D eigenvalue weighted by Crippen LogP contribution is -2.10. The zero-order valence-electron chi connectivity index (χ0n) is 9.92. The van der Waals surface area contributed by atoms with Crippen LogP contribution in [-0.2, 0) is 4.74 Å². The Balaban J connectivity index is 2.10. The molecule has 1 amide bonds. The van der Waals surface area contributed by atoms with Crippen molar-refractivity contribution in [2.45, 2.75) is 0 Å². The lowest BCUT2D eigenvalue weighted by atomic mass is 10.3. The van der Waals surface area contributed by atoms with E-state index in [0.717, 1.165) is 5.75 Å². The molecule has 0 aromatic heterocycles. The van der Waals surface area contributed by atoms with Gasteiger partial charge in [0.2, 0.25) is 0 Å². The Morgan fingerprint density at radius 1 is 1.00 bits per heavy atom. The van der Waals surface area contributed by atoms with Gasteiger partial charge in [0.05, 0.1) is 7.11 Å². The standard InChI is InChI=1S/C14H13NO3/c1-17-14(16)15-11-6-5-9-13(10-11)18-12-7-3-2-4-8-12/h2-10H,1H3,(H,15,16). The van der Waals surface area contributed by atoms with Gasteiger partial charge in [0.15, 0.2) is 0 Å². The van der Waals surface area contributed by atoms with Crippen molar-refractivity contribution in [1.82, 2.24) is 0 Å². The number of benzene rings is 2. The minimum absolute atomic E-state index is 0.508. The van der Waals surface area contributed by atoms with Crippen molar-refractivity contribution in [3.63, 3.8) is 0 Å². The minimum Gasteiger partial charge on any atom is -0.457 e. The monoisotopic (exact) mass is 243 g/mol. The predicted octanol–water partition coefficient (Wildman–Crippen LogP) is 3.66. The highest BCUT2D eigenvalue weighted by Gasteiger charge is 2.02. The fraction of sp³-hybridized carbons (Fsp3) is 0.0714. The average Bonchev–Trinajstić information content (AvgIpc) is 2.40. The highest BCUT2D eigenvalue weighted by atomic mass is 16.5. The third kappa shape index (κ3) is 3.25. The first kappa shape index (κ1) is 12.0. The number of hydrogen-bond donors (Lipinski definition) is 1. The van der Waals surface area contributed by atoms with Gasteiger partial charge in [-0.3, -0.25) is 5.32 Å². The highest BCUT2D eigenvalue weighted by molar-refractivity contribution is 5.84. The fourth-order valence-corrected chi connectivity index (χ4v) is 1.43. The lowest BCUT2D eigenvalue weighted by molar-refractivity contribution is 0.187. The number of ether oxygens (including phenoxy) is 2. The van der Waals surface area contributed by atoms with Crippen LogP contribution in [-0.4, -0.2) is 13.2 Å². The first-order valence-corrected chi connectivity index (χ1v) is 5.46. The lowest BCUT2D eigenvalue weighted by Gasteiger charge is -2.08. The minimum atomic E-state index is -0.508. The highest BCUT2D eigenvalue weighted by Crippen LogP contribution is 2.23. The molecule has 2 rings (SSSR count). The SMILES string of the molecule is COC(=O)Nc1cccc(Oc2ccccc2)c1. The zero-order chi connectivity index (χ0) is 12.8. The fourth-order valence-electron chi connectivity index (χ4n) is 1.43. The van der Waals surface area contributed by atoms with E-state index in [2.05, 4.69) is 10.1 Å². The second-order valence-corrected chi connectivity index (χ2v) is 3.56. The van der Waals surface area contributed by atoms with E-state index in [9.17, 15) is 4.79 Å². The molecule has 2 aromatic rings. The molecule has 0 unspecified atom stereocenters. The summed E-state index contributed by atoms with van der Waals surface area (Å²) in [5.74, 6) is 1.39. The van der Waals surface area contributed by atoms with E-state index in [1.165, 1.54) is 7.11 Å². The molecule has 4 nitrogen and oxygen atoms in total. The van der Waals surface area contributed by atoms with E-state index in [1.54, 1.807) is 18.2 Å². The normalized spacial score (nSPS) is 9.61. The first-order valence-electron chi connectivity index (χ1n) is 5.46. The third-order valence-corrected chi connectivity index (χ3v) is 2.24. The first-order chi connectivity index (χ1) is 8.78. The molecule has 2 aromatic carbocycles. The molecule has 18 heavy (non-hydrogen) atoms. The van der Waals surface area contributed by atoms with Crippen molar-refractivity contribution in [2.24, 2.45) is 0 Å². The summed E-state index contributed by atoms with van der Waals surface area (Å²) in [7, 11) is 1.32. The Morgan fingerprint density at radius 2 is 1.72 bits per heavy atom. The molecule has 0 aliphatic rings. The number of carbonyl (C=O) groups is 1. The van der Waals surface area contributed by atoms with E-state index >= 15 is 0 Å². The quantitative estimate of drug-likeness (QED) is 0.894. The van der Waals surface area contributed by atoms with E-state index in [4.69, 9.17) is 4.74 Å². The van der Waals surface area contributed by atoms with Crippen LogP contribution in [0.1, 0.15) is 0 Å². The molecule has 0 heterocycles. The van der Waals surface area contributed by atoms with Gasteiger partial charge < -0.3 is 9.47 Å². The Hall–Kier alpha value is -2.49. The Kier molecular flexibility index (Phi) is 3.81. The van der Waals surface area contributed by atoms with Gasteiger partial charge in [0, 0.05) is 11.8 Å². The van der Waals surface area contributed by atoms with Crippen LogP contribution in [0.15, 0.2) is 54.6 Å². The van der Waals surface area contributed by atoms with Crippen LogP contribution in [0.4, 0.5) is 10.5 Å². The third-order valence-electron chi connectivity index (χ3n) is 2.24. The molecule has 0 aliphatic heterocycles. The molecule has 4 heteroatoms. The molecule has 0 radical (unpaired) electrons. The van der Waals surface area contributed by atoms with Crippen molar-refractivity contribution >= 4 is 11.8 Å². The van der Waals surface area contributed by atoms with Crippen LogP contribution in [0.25, 0.3) is 0 Å². The Morgan fingerprint density at radius 3 is 2.44 bits per heavy atom. The predicted molar refractivity (Wildman–Crippen MR) is 69.0 cm³/mol. The van der Waals surface area contributed by atoms with Gasteiger partial charge in [-0.25, -0.2) is 4.79 Å². The summed E-state index contributed by atoms with van der Waals surface area (Å²) in [5, 5.41) is 2.58. The largest absolute Gasteiger partial charge is 0.457 e. The summed E-state index contributed by atoms with van der Waals surface area (Å²) in [4.78, 5) is 11.1. The molecule has 0 aliphatic carbocycles. The van der Waals surface area contributed by atoms with Gasteiger partial charge in [0.25, 0.3) is 0 Å². The van der Waals surface area contributed by atoms with Crippen LogP contribution < -0.4 is 10.1 Å². The van der Waals surface area contributed by atoms with E-state index < -0.39 is 6.09 Å². The maximum absolute atomic E-state index is 11.1. The molecule has 0 fully saturated rings. The topological polar surface area (TPSA) is 47.6 Å². The summed E-state index contributed by atoms with van der Waals surface area (Å²) >= 11 is 0. The van der Waals surface area contributed by atoms with Crippen LogP contribution in [0, 0.1) is 0 Å². The van der Waals surface area contributed by atoms with E-state index in [-0.39, 0.29) is 0 Å². The molecule has 0 saturated carbocycles. The summed E-state index contributed by atoms with van der Waals surface area (Å²) in [6.07, 6.45) is -0.508. The average molecular weight is 243 g/mol. The van der Waals surface area contributed by atoms with Crippen molar-refractivity contribution in [3.8, 4) is 11.5 Å². The molecule has 0 spiro atoms. The van der Waals surface area contributed by atoms with Crippen LogP contribution in [0.3, 0.4) is 0 Å². The van der Waals surface area contributed by atoms with Crippen molar-refractivity contribution in [2.75, 3.05) is 12.4 Å². The smallest absolute Gasteiger partial charge is 0.411 e. The molecule has 0 bridgehead atoms. The Labute approximate surface area is 105 Å². The van der Waals surface area contributed by atoms with Crippen molar-refractivity contribution < 1.29 is 14.3 Å². The molecule has 1 N–H and O–H groups in total. The number of amides is 1. The molecular weight excluding hydrogens is 230 g/mol. The van der Waals surface area contributed by atoms with Gasteiger partial charge in [-0.2, -0.15) is 0 Å². The van der Waals surface area contributed by atoms with Gasteiger partial charge in [-0.05, 0) is 24.3 Å². The van der Waals surface area contributed by atoms with E-state index in [1.807, 2.05) is 36.4 Å². The van der Waals surface area contributed by atoms with Crippen LogP contribution >= 0.6 is 0 Å². The summed E-state index contributed by atoms with van der Waals surface area (Å²) in [6.45, 7) is 0. The van der Waals surface area contributed by atoms with Gasteiger partial charge >= 0.3 is 6.09 Å². The maximum Gasteiger partial charge on any atom is 0.411 e. The summed E-state index contributed by atoms with van der Waals surface area (Å²) in [6, 6.07) is 16.5. The molecule has 0 atom stereocenters. The van der Waals surface area contributed by atoms with Gasteiger partial charge in [0.1, 0.15) is 11.5 Å². The maximum atomic E-state index is 11.1. The van der Waals surface area contributed by atoms with Crippen LogP contribution in [0.5, 0.6) is 11.5 Å². The number of methoxy groups -OCH3 is 1. The van der Waals surface area contributed by atoms with Gasteiger partial charge in [-0.15, -0.1) is 0 Å². The molecule has 92 valence electrons. The number of hydrogen-bond acceptors (Lipinski definition) is 3. The Bertz CT molecular complexity index is 526. The number of rotatable bonds is 3. The second kappa shape index (κ2) is 5.72. The molecule has 0 saturated heterocycles. The second-order valence-electron chi connectivity index (χ2n) is 3.56. The van der Waals surface area contributed by atoms with Crippen molar-refractivity contribution in [3.05, 3.63) is 54.6 Å². The van der Waals surface area contributed by atoms with Gasteiger partial charge in [-0.1, -0.05) is 24.3 Å². The number of anilines is 1. The number of para-hydroxylation sites is 1. The van der Waals surface area contributed by atoms with Crippen LogP contribution in [0.2, 0.25) is 0 Å². The van der Waals surface area contributed by atoms with E-state index in [0.29, 0.717) is 11.4 Å². The number of carbonyl (C=O) groups excluding carboxylic acids is 1.